The lowest BCUT2D eigenvalue weighted by molar-refractivity contribution is 0.525. The van der Waals surface area contributed by atoms with E-state index >= 15 is 0 Å². The average molecular weight is 238 g/mol. The Labute approximate surface area is 104 Å². The molecule has 0 fully saturated rings. The van der Waals surface area contributed by atoms with Gasteiger partial charge in [0.25, 0.3) is 0 Å². The molecular formula is C13H26N4. The molecule has 1 atom stereocenters. The lowest BCUT2D eigenvalue weighted by Crippen LogP contribution is -2.11. The van der Waals surface area contributed by atoms with Crippen LogP contribution in [0.4, 0.5) is 0 Å². The monoisotopic (exact) mass is 238 g/mol. The molecule has 0 saturated carbocycles. The third-order valence-corrected chi connectivity index (χ3v) is 3.15. The number of nitrogens with two attached hydrogens (primary N) is 1. The fourth-order valence-corrected chi connectivity index (χ4v) is 2.03. The maximum absolute atomic E-state index is 5.99. The molecule has 4 nitrogen and oxygen atoms in total. The van der Waals surface area contributed by atoms with Gasteiger partial charge in [-0.05, 0) is 6.42 Å². The van der Waals surface area contributed by atoms with Crippen molar-refractivity contribution in [1.29, 1.82) is 0 Å². The molecule has 0 aliphatic heterocycles. The lowest BCUT2D eigenvalue weighted by Gasteiger charge is -2.07. The normalized spacial score (nSPS) is 12.8. The number of nitrogens with one attached hydrogen (secondary N) is 1. The van der Waals surface area contributed by atoms with Crippen molar-refractivity contribution in [2.45, 2.75) is 70.8 Å². The zero-order valence-electron chi connectivity index (χ0n) is 11.0. The van der Waals surface area contributed by atoms with E-state index in [2.05, 4.69) is 22.1 Å². The minimum Gasteiger partial charge on any atom is -0.321 e. The fraction of sp³-hybridized carbons (Fsp3) is 0.846. The third-order valence-electron chi connectivity index (χ3n) is 3.15. The van der Waals surface area contributed by atoms with Crippen molar-refractivity contribution in [3.8, 4) is 0 Å². The number of aromatic nitrogens is 3. The summed E-state index contributed by atoms with van der Waals surface area (Å²) < 4.78 is 0. The van der Waals surface area contributed by atoms with Gasteiger partial charge in [0.1, 0.15) is 12.2 Å². The predicted molar refractivity (Wildman–Crippen MR) is 70.5 cm³/mol. The van der Waals surface area contributed by atoms with Gasteiger partial charge in [-0.15, -0.1) is 0 Å². The van der Waals surface area contributed by atoms with Crippen LogP contribution in [-0.2, 0) is 0 Å². The number of aromatic amines is 1. The quantitative estimate of drug-likeness (QED) is 0.614. The van der Waals surface area contributed by atoms with Gasteiger partial charge in [0.05, 0.1) is 6.04 Å². The Bertz CT molecular complexity index is 258. The van der Waals surface area contributed by atoms with E-state index in [1.165, 1.54) is 57.7 Å². The first-order chi connectivity index (χ1) is 8.34. The number of H-pyrrole nitrogens is 1. The van der Waals surface area contributed by atoms with E-state index in [1.54, 1.807) is 0 Å². The molecule has 0 aliphatic rings. The Morgan fingerprint density at radius 2 is 1.76 bits per heavy atom. The molecule has 0 amide bonds. The molecule has 1 aromatic rings. The maximum Gasteiger partial charge on any atom is 0.141 e. The summed E-state index contributed by atoms with van der Waals surface area (Å²) >= 11 is 0. The highest BCUT2D eigenvalue weighted by Gasteiger charge is 2.07. The summed E-state index contributed by atoms with van der Waals surface area (Å²) in [7, 11) is 0. The van der Waals surface area contributed by atoms with Crippen molar-refractivity contribution in [3.63, 3.8) is 0 Å². The SMILES string of the molecule is CCCCCCCCCCC(N)c1ncn[nH]1. The summed E-state index contributed by atoms with van der Waals surface area (Å²) in [5.41, 5.74) is 5.99. The van der Waals surface area contributed by atoms with E-state index in [1.807, 2.05) is 0 Å². The molecule has 0 aromatic carbocycles. The molecule has 98 valence electrons. The summed E-state index contributed by atoms with van der Waals surface area (Å²) in [6, 6.07) is 0.0255. The van der Waals surface area contributed by atoms with Gasteiger partial charge in [-0.25, -0.2) is 4.98 Å². The van der Waals surface area contributed by atoms with Crippen LogP contribution in [0.5, 0.6) is 0 Å². The first-order valence-electron chi connectivity index (χ1n) is 6.95. The Kier molecular flexibility index (Phi) is 7.63. The molecule has 0 radical (unpaired) electrons. The smallest absolute Gasteiger partial charge is 0.141 e. The van der Waals surface area contributed by atoms with E-state index < -0.39 is 0 Å². The average Bonchev–Trinajstić information content (AvgIpc) is 2.86. The highest BCUT2D eigenvalue weighted by atomic mass is 15.2. The van der Waals surface area contributed by atoms with E-state index in [4.69, 9.17) is 5.73 Å². The molecule has 1 rings (SSSR count). The van der Waals surface area contributed by atoms with Gasteiger partial charge in [-0.1, -0.05) is 58.3 Å². The molecule has 17 heavy (non-hydrogen) atoms. The van der Waals surface area contributed by atoms with Gasteiger partial charge in [0.2, 0.25) is 0 Å². The van der Waals surface area contributed by atoms with Crippen LogP contribution in [0, 0.1) is 0 Å². The molecule has 0 bridgehead atoms. The lowest BCUT2D eigenvalue weighted by atomic mass is 10.0. The van der Waals surface area contributed by atoms with E-state index in [-0.39, 0.29) is 6.04 Å². The first-order valence-corrected chi connectivity index (χ1v) is 6.95. The van der Waals surface area contributed by atoms with Crippen LogP contribution >= 0.6 is 0 Å². The van der Waals surface area contributed by atoms with E-state index in [9.17, 15) is 0 Å². The number of nitrogens with zero attached hydrogens (tertiary/aromatic N) is 2. The van der Waals surface area contributed by atoms with Crippen molar-refractivity contribution < 1.29 is 0 Å². The van der Waals surface area contributed by atoms with Crippen LogP contribution in [-0.4, -0.2) is 15.2 Å². The minimum atomic E-state index is 0.0255. The summed E-state index contributed by atoms with van der Waals surface area (Å²) in [6.45, 7) is 2.25. The number of unbranched alkanes of at least 4 members (excludes halogenated alkanes) is 7. The maximum atomic E-state index is 5.99. The molecule has 0 aliphatic carbocycles. The van der Waals surface area contributed by atoms with Crippen LogP contribution in [0.15, 0.2) is 6.33 Å². The zero-order valence-corrected chi connectivity index (χ0v) is 11.0. The number of hydrogen-bond acceptors (Lipinski definition) is 3. The van der Waals surface area contributed by atoms with E-state index in [0.29, 0.717) is 0 Å². The summed E-state index contributed by atoms with van der Waals surface area (Å²) in [4.78, 5) is 4.07. The molecule has 3 N–H and O–H groups in total. The van der Waals surface area contributed by atoms with Crippen molar-refractivity contribution in [3.05, 3.63) is 12.2 Å². The first kappa shape index (κ1) is 14.2. The molecule has 0 saturated heterocycles. The van der Waals surface area contributed by atoms with Crippen LogP contribution < -0.4 is 5.73 Å². The van der Waals surface area contributed by atoms with Crippen molar-refractivity contribution in [2.75, 3.05) is 0 Å². The number of rotatable bonds is 10. The van der Waals surface area contributed by atoms with Crippen molar-refractivity contribution >= 4 is 0 Å². The summed E-state index contributed by atoms with van der Waals surface area (Å²) in [5, 5.41) is 6.64. The fourth-order valence-electron chi connectivity index (χ4n) is 2.03. The molecular weight excluding hydrogens is 212 g/mol. The Morgan fingerprint density at radius 1 is 1.12 bits per heavy atom. The van der Waals surface area contributed by atoms with Gasteiger partial charge >= 0.3 is 0 Å². The minimum absolute atomic E-state index is 0.0255. The number of hydrogen-bond donors (Lipinski definition) is 2. The molecule has 1 heterocycles. The van der Waals surface area contributed by atoms with Crippen molar-refractivity contribution in [2.24, 2.45) is 5.73 Å². The van der Waals surface area contributed by atoms with Gasteiger partial charge < -0.3 is 5.73 Å². The Hall–Kier alpha value is -0.900. The topological polar surface area (TPSA) is 67.6 Å². The Balaban J connectivity index is 1.90. The molecule has 1 unspecified atom stereocenters. The summed E-state index contributed by atoms with van der Waals surface area (Å²) in [6.07, 6.45) is 13.2. The van der Waals surface area contributed by atoms with Crippen LogP contribution in [0.3, 0.4) is 0 Å². The zero-order chi connectivity index (χ0) is 12.3. The largest absolute Gasteiger partial charge is 0.321 e. The molecule has 1 aromatic heterocycles. The molecule has 0 spiro atoms. The second-order valence-corrected chi connectivity index (χ2v) is 4.74. The van der Waals surface area contributed by atoms with Crippen LogP contribution in [0.2, 0.25) is 0 Å². The highest BCUT2D eigenvalue weighted by Crippen LogP contribution is 2.14. The molecule has 4 heteroatoms. The highest BCUT2D eigenvalue weighted by molar-refractivity contribution is 4.88. The Morgan fingerprint density at radius 3 is 2.35 bits per heavy atom. The van der Waals surface area contributed by atoms with E-state index in [0.717, 1.165) is 12.2 Å². The second kappa shape index (κ2) is 9.16. The van der Waals surface area contributed by atoms with Gasteiger partial charge in [-0.3, -0.25) is 5.10 Å². The van der Waals surface area contributed by atoms with Gasteiger partial charge in [0.15, 0.2) is 0 Å². The van der Waals surface area contributed by atoms with Gasteiger partial charge in [-0.2, -0.15) is 5.10 Å². The van der Waals surface area contributed by atoms with Crippen molar-refractivity contribution in [1.82, 2.24) is 15.2 Å². The van der Waals surface area contributed by atoms with Gasteiger partial charge in [0, 0.05) is 0 Å². The predicted octanol–water partition coefficient (Wildman–Crippen LogP) is 3.34. The third kappa shape index (κ3) is 6.41. The van der Waals surface area contributed by atoms with Crippen LogP contribution in [0.1, 0.15) is 76.6 Å². The summed E-state index contributed by atoms with van der Waals surface area (Å²) in [5.74, 6) is 0.813. The second-order valence-electron chi connectivity index (χ2n) is 4.74. The standard InChI is InChI=1S/C13H26N4/c1-2-3-4-5-6-7-8-9-10-12(14)13-15-11-16-17-13/h11-12H,2-10,14H2,1H3,(H,15,16,17). The van der Waals surface area contributed by atoms with Crippen LogP contribution in [0.25, 0.3) is 0 Å².